The predicted molar refractivity (Wildman–Crippen MR) is 45.2 cm³/mol. The van der Waals surface area contributed by atoms with E-state index in [1.165, 1.54) is 0 Å². The first kappa shape index (κ1) is 11.3. The van der Waals surface area contributed by atoms with Crippen molar-refractivity contribution in [2.24, 2.45) is 0 Å². The van der Waals surface area contributed by atoms with E-state index < -0.39 is 0 Å². The fourth-order valence-electron chi connectivity index (χ4n) is 0.987. The van der Waals surface area contributed by atoms with Crippen molar-refractivity contribution in [1.82, 2.24) is 4.98 Å². The maximum Gasteiger partial charge on any atom is 0.192 e. The Kier molecular flexibility index (Phi) is 4.09. The van der Waals surface area contributed by atoms with Crippen molar-refractivity contribution in [1.29, 1.82) is 0 Å². The van der Waals surface area contributed by atoms with Gasteiger partial charge in [-0.3, -0.25) is 0 Å². The number of aryl methyl sites for hydroxylation is 1. The molecule has 2 rings (SSSR count). The van der Waals surface area contributed by atoms with E-state index in [1.54, 1.807) is 0 Å². The van der Waals surface area contributed by atoms with Gasteiger partial charge in [-0.1, -0.05) is 12.1 Å². The standard InChI is InChI=1S/C8H7NO.CH3.HI/c1-6-9-7-4-2-3-5-8(7)10-6;;/h2-5H,1H3;1H3;1H/q;+1;/p-1. The number of fused-ring (bicyclic) bond motifs is 1. The van der Waals surface area contributed by atoms with Crippen LogP contribution in [0.3, 0.4) is 0 Å². The molecule has 0 saturated heterocycles. The van der Waals surface area contributed by atoms with Crippen LogP contribution < -0.4 is 24.0 Å². The lowest BCUT2D eigenvalue weighted by Crippen LogP contribution is -3.00. The number of aromatic nitrogens is 1. The van der Waals surface area contributed by atoms with Crippen molar-refractivity contribution in [3.8, 4) is 0 Å². The van der Waals surface area contributed by atoms with E-state index in [0.29, 0.717) is 0 Å². The van der Waals surface area contributed by atoms with Crippen LogP contribution >= 0.6 is 0 Å². The van der Waals surface area contributed by atoms with Gasteiger partial charge in [0.15, 0.2) is 11.5 Å². The highest BCUT2D eigenvalue weighted by Gasteiger charge is 1.97. The lowest BCUT2D eigenvalue weighted by Gasteiger charge is -1.79. The number of para-hydroxylation sites is 2. The minimum atomic E-state index is 0. The fraction of sp³-hybridized carbons (Fsp3) is 0.111. The molecule has 0 aliphatic rings. The highest BCUT2D eigenvalue weighted by atomic mass is 127. The number of oxazole rings is 1. The Morgan fingerprint density at radius 3 is 2.58 bits per heavy atom. The molecule has 12 heavy (non-hydrogen) atoms. The molecule has 1 heterocycles. The third-order valence-electron chi connectivity index (χ3n) is 1.40. The molecule has 0 aliphatic carbocycles. The fourth-order valence-corrected chi connectivity index (χ4v) is 0.987. The molecule has 0 spiro atoms. The van der Waals surface area contributed by atoms with E-state index in [2.05, 4.69) is 4.98 Å². The maximum atomic E-state index is 5.26. The molecule has 0 atom stereocenters. The zero-order valence-corrected chi connectivity index (χ0v) is 9.20. The molecule has 0 radical (unpaired) electrons. The second kappa shape index (κ2) is 4.35. The quantitative estimate of drug-likeness (QED) is 0.482. The SMILES string of the molecule is Cc1nc2ccccc2o1.[CH3+].[I-]. The summed E-state index contributed by atoms with van der Waals surface area (Å²) < 4.78 is 5.26. The molecular weight excluding hydrogens is 265 g/mol. The molecule has 1 aromatic heterocycles. The molecule has 0 unspecified atom stereocenters. The summed E-state index contributed by atoms with van der Waals surface area (Å²) in [4.78, 5) is 4.15. The lowest BCUT2D eigenvalue weighted by molar-refractivity contribution is -0.00000314. The number of halogens is 1. The summed E-state index contributed by atoms with van der Waals surface area (Å²) >= 11 is 0. The molecule has 2 aromatic rings. The minimum absolute atomic E-state index is 0. The van der Waals surface area contributed by atoms with Gasteiger partial charge in [0.2, 0.25) is 0 Å². The Morgan fingerprint density at radius 2 is 1.92 bits per heavy atom. The number of hydrogen-bond donors (Lipinski definition) is 0. The maximum absolute atomic E-state index is 5.26. The van der Waals surface area contributed by atoms with Crippen molar-refractivity contribution < 1.29 is 28.4 Å². The van der Waals surface area contributed by atoms with Gasteiger partial charge < -0.3 is 28.4 Å². The largest absolute Gasteiger partial charge is 1.00 e. The van der Waals surface area contributed by atoms with Gasteiger partial charge in [-0.15, -0.1) is 0 Å². The predicted octanol–water partition coefficient (Wildman–Crippen LogP) is -0.409. The third-order valence-corrected chi connectivity index (χ3v) is 1.40. The Morgan fingerprint density at radius 1 is 1.25 bits per heavy atom. The number of hydrogen-bond acceptors (Lipinski definition) is 2. The molecule has 0 aliphatic heterocycles. The highest BCUT2D eigenvalue weighted by molar-refractivity contribution is 5.71. The van der Waals surface area contributed by atoms with E-state index in [1.807, 2.05) is 31.2 Å². The van der Waals surface area contributed by atoms with Crippen molar-refractivity contribution in [2.75, 3.05) is 0 Å². The van der Waals surface area contributed by atoms with Crippen LogP contribution in [-0.2, 0) is 0 Å². The third kappa shape index (κ3) is 1.91. The van der Waals surface area contributed by atoms with Crippen molar-refractivity contribution in [2.45, 2.75) is 6.92 Å². The summed E-state index contributed by atoms with van der Waals surface area (Å²) in [6.45, 7) is 1.85. The van der Waals surface area contributed by atoms with Gasteiger partial charge in [-0.25, -0.2) is 4.98 Å². The normalized spacial score (nSPS) is 8.75. The molecule has 1 aromatic carbocycles. The highest BCUT2D eigenvalue weighted by Crippen LogP contribution is 2.12. The van der Waals surface area contributed by atoms with Gasteiger partial charge in [-0.2, -0.15) is 0 Å². The van der Waals surface area contributed by atoms with Crippen LogP contribution in [0.5, 0.6) is 0 Å². The number of rotatable bonds is 0. The van der Waals surface area contributed by atoms with E-state index in [4.69, 9.17) is 4.42 Å². The summed E-state index contributed by atoms with van der Waals surface area (Å²) in [5, 5.41) is 0. The Labute approximate surface area is 89.0 Å². The zero-order chi connectivity index (χ0) is 6.97. The van der Waals surface area contributed by atoms with Crippen LogP contribution in [0.25, 0.3) is 11.1 Å². The second-order valence-electron chi connectivity index (χ2n) is 2.20. The molecule has 3 heteroatoms. The van der Waals surface area contributed by atoms with Crippen molar-refractivity contribution in [3.05, 3.63) is 37.6 Å². The molecule has 0 saturated carbocycles. The lowest BCUT2D eigenvalue weighted by atomic mass is 10.3. The molecule has 2 nitrogen and oxygen atoms in total. The van der Waals surface area contributed by atoms with Gasteiger partial charge in [0, 0.05) is 14.4 Å². The molecule has 0 bridgehead atoms. The van der Waals surface area contributed by atoms with E-state index in [9.17, 15) is 0 Å². The van der Waals surface area contributed by atoms with E-state index >= 15 is 0 Å². The smallest absolute Gasteiger partial charge is 0.192 e. The van der Waals surface area contributed by atoms with Gasteiger partial charge >= 0.3 is 0 Å². The number of benzene rings is 1. The van der Waals surface area contributed by atoms with Crippen LogP contribution in [0.2, 0.25) is 0 Å². The van der Waals surface area contributed by atoms with Gasteiger partial charge in [0.25, 0.3) is 0 Å². The van der Waals surface area contributed by atoms with Crippen molar-refractivity contribution in [3.63, 3.8) is 0 Å². The first-order chi connectivity index (χ1) is 4.86. The summed E-state index contributed by atoms with van der Waals surface area (Å²) in [6.07, 6.45) is 0. The molecular formula is C9H10INO. The molecule has 64 valence electrons. The molecule has 0 N–H and O–H groups in total. The van der Waals surface area contributed by atoms with Crippen LogP contribution in [0.15, 0.2) is 28.7 Å². The average Bonchev–Trinajstić information content (AvgIpc) is 2.27. The van der Waals surface area contributed by atoms with E-state index in [-0.39, 0.29) is 31.4 Å². The summed E-state index contributed by atoms with van der Waals surface area (Å²) in [6, 6.07) is 7.73. The first-order valence-electron chi connectivity index (χ1n) is 3.18. The van der Waals surface area contributed by atoms with Crippen LogP contribution in [0, 0.1) is 14.4 Å². The topological polar surface area (TPSA) is 26.0 Å². The Hall–Kier alpha value is -0.710. The molecule has 0 amide bonds. The average molecular weight is 275 g/mol. The number of nitrogens with zero attached hydrogens (tertiary/aromatic N) is 1. The Balaban J connectivity index is 0.000000605. The van der Waals surface area contributed by atoms with Gasteiger partial charge in [0.05, 0.1) is 0 Å². The summed E-state index contributed by atoms with van der Waals surface area (Å²) in [5.41, 5.74) is 1.79. The summed E-state index contributed by atoms with van der Waals surface area (Å²) in [7, 11) is 0. The van der Waals surface area contributed by atoms with Gasteiger partial charge in [0.1, 0.15) is 5.52 Å². The van der Waals surface area contributed by atoms with Crippen LogP contribution in [-0.4, -0.2) is 4.98 Å². The van der Waals surface area contributed by atoms with Gasteiger partial charge in [-0.05, 0) is 12.1 Å². The Bertz CT molecular complexity index is 323. The molecule has 0 fully saturated rings. The first-order valence-corrected chi connectivity index (χ1v) is 3.18. The van der Waals surface area contributed by atoms with Crippen molar-refractivity contribution >= 4 is 11.1 Å². The van der Waals surface area contributed by atoms with Crippen LogP contribution in [0.4, 0.5) is 0 Å². The minimum Gasteiger partial charge on any atom is -1.00 e. The summed E-state index contributed by atoms with van der Waals surface area (Å²) in [5.74, 6) is 0.723. The monoisotopic (exact) mass is 275 g/mol. The van der Waals surface area contributed by atoms with Crippen LogP contribution in [0.1, 0.15) is 5.89 Å². The second-order valence-corrected chi connectivity index (χ2v) is 2.20. The zero-order valence-electron chi connectivity index (χ0n) is 7.04. The van der Waals surface area contributed by atoms with E-state index in [0.717, 1.165) is 17.0 Å².